The maximum atomic E-state index is 14.0. The minimum absolute atomic E-state index is 0.00378. The molecule has 8 heteroatoms. The van der Waals surface area contributed by atoms with Crippen molar-refractivity contribution in [3.05, 3.63) is 69.9 Å². The smallest absolute Gasteiger partial charge is 0.250 e. The summed E-state index contributed by atoms with van der Waals surface area (Å²) >= 11 is 0. The Hall–Kier alpha value is -3.00. The van der Waals surface area contributed by atoms with Crippen LogP contribution in [0.2, 0.25) is 0 Å². The molecular weight excluding hydrogens is 413 g/mol. The Morgan fingerprint density at radius 3 is 2.62 bits per heavy atom. The van der Waals surface area contributed by atoms with E-state index in [9.17, 15) is 23.9 Å². The number of aliphatic hydroxyl groups is 1. The lowest BCUT2D eigenvalue weighted by Gasteiger charge is -2.31. The van der Waals surface area contributed by atoms with E-state index in [1.54, 1.807) is 33.7 Å². The predicted octanol–water partition coefficient (Wildman–Crippen LogP) is 1.59. The van der Waals surface area contributed by atoms with Crippen LogP contribution in [-0.2, 0) is 22.7 Å². The van der Waals surface area contributed by atoms with E-state index < -0.39 is 29.7 Å². The van der Waals surface area contributed by atoms with E-state index in [0.29, 0.717) is 30.1 Å². The molecule has 2 N–H and O–H groups in total. The Morgan fingerprint density at radius 1 is 1.12 bits per heavy atom. The highest BCUT2D eigenvalue weighted by Crippen LogP contribution is 2.50. The summed E-state index contributed by atoms with van der Waals surface area (Å²) in [5.41, 5.74) is 0.908. The molecule has 1 aliphatic carbocycles. The summed E-state index contributed by atoms with van der Waals surface area (Å²) in [6.45, 7) is 0.0697. The fourth-order valence-electron chi connectivity index (χ4n) is 5.32. The van der Waals surface area contributed by atoms with Gasteiger partial charge >= 0.3 is 0 Å². The fraction of sp³-hybridized carbons (Fsp3) is 0.458. The number of carbonyl (C=O) groups is 2. The zero-order valence-corrected chi connectivity index (χ0v) is 17.6. The number of aliphatic hydroxyl groups excluding tert-OH is 1. The summed E-state index contributed by atoms with van der Waals surface area (Å²) in [5.74, 6) is -1.36. The van der Waals surface area contributed by atoms with Crippen LogP contribution in [-0.4, -0.2) is 39.0 Å². The number of aromatic nitrogens is 1. The van der Waals surface area contributed by atoms with Crippen LogP contribution in [0.15, 0.2) is 47.3 Å². The number of halogens is 1. The molecule has 1 aromatic carbocycles. The van der Waals surface area contributed by atoms with Gasteiger partial charge in [0, 0.05) is 55.3 Å². The molecule has 0 spiro atoms. The Labute approximate surface area is 184 Å². The Bertz CT molecular complexity index is 1110. The van der Waals surface area contributed by atoms with Crippen molar-refractivity contribution in [2.24, 2.45) is 17.8 Å². The van der Waals surface area contributed by atoms with Crippen LogP contribution in [0.1, 0.15) is 36.6 Å². The van der Waals surface area contributed by atoms with Crippen molar-refractivity contribution < 1.29 is 19.1 Å². The molecule has 2 aromatic rings. The van der Waals surface area contributed by atoms with E-state index >= 15 is 0 Å². The lowest BCUT2D eigenvalue weighted by Crippen LogP contribution is -2.50. The van der Waals surface area contributed by atoms with Gasteiger partial charge in [-0.3, -0.25) is 14.4 Å². The van der Waals surface area contributed by atoms with Crippen LogP contribution in [0.3, 0.4) is 0 Å². The van der Waals surface area contributed by atoms with Crippen LogP contribution < -0.4 is 10.9 Å². The Balaban J connectivity index is 1.47. The van der Waals surface area contributed by atoms with E-state index in [4.69, 9.17) is 0 Å². The van der Waals surface area contributed by atoms with Gasteiger partial charge in [-0.2, -0.15) is 0 Å². The van der Waals surface area contributed by atoms with Gasteiger partial charge in [-0.1, -0.05) is 24.3 Å². The number of nitrogens with one attached hydrogen (secondary N) is 1. The van der Waals surface area contributed by atoms with Crippen molar-refractivity contribution in [3.63, 3.8) is 0 Å². The van der Waals surface area contributed by atoms with E-state index in [1.807, 2.05) is 6.07 Å². The summed E-state index contributed by atoms with van der Waals surface area (Å²) in [6.07, 6.45) is 2.35. The average molecular weight is 439 g/mol. The number of fused-ring (bicyclic) bond motifs is 3. The molecule has 0 radical (unpaired) electrons. The van der Waals surface area contributed by atoms with Gasteiger partial charge in [0.15, 0.2) is 0 Å². The predicted molar refractivity (Wildman–Crippen MR) is 114 cm³/mol. The molecule has 1 saturated heterocycles. The second-order valence-corrected chi connectivity index (χ2v) is 9.06. The highest BCUT2D eigenvalue weighted by molar-refractivity contribution is 5.89. The Morgan fingerprint density at radius 2 is 1.91 bits per heavy atom. The topological polar surface area (TPSA) is 91.6 Å². The normalized spacial score (nSPS) is 26.0. The first kappa shape index (κ1) is 20.9. The Kier molecular flexibility index (Phi) is 5.33. The summed E-state index contributed by atoms with van der Waals surface area (Å²) < 4.78 is 15.7. The molecule has 2 fully saturated rings. The summed E-state index contributed by atoms with van der Waals surface area (Å²) in [5, 5.41) is 13.0. The second kappa shape index (κ2) is 8.16. The lowest BCUT2D eigenvalue weighted by atomic mass is 9.88. The number of hydrogen-bond donors (Lipinski definition) is 2. The van der Waals surface area contributed by atoms with Gasteiger partial charge < -0.3 is 19.9 Å². The molecule has 32 heavy (non-hydrogen) atoms. The van der Waals surface area contributed by atoms with Gasteiger partial charge in [-0.15, -0.1) is 0 Å². The first-order chi connectivity index (χ1) is 15.5. The average Bonchev–Trinajstić information content (AvgIpc) is 3.41. The van der Waals surface area contributed by atoms with Crippen molar-refractivity contribution >= 4 is 11.8 Å². The lowest BCUT2D eigenvalue weighted by molar-refractivity contribution is -0.142. The molecule has 3 aliphatic rings. The van der Waals surface area contributed by atoms with Crippen LogP contribution in [0, 0.1) is 23.6 Å². The number of rotatable bonds is 6. The van der Waals surface area contributed by atoms with Crippen LogP contribution >= 0.6 is 0 Å². The van der Waals surface area contributed by atoms with Crippen molar-refractivity contribution in [2.45, 2.75) is 44.4 Å². The number of amides is 2. The quantitative estimate of drug-likeness (QED) is 0.715. The molecule has 5 rings (SSSR count). The largest absolute Gasteiger partial charge is 0.396 e. The zero-order chi connectivity index (χ0) is 22.4. The van der Waals surface area contributed by atoms with Gasteiger partial charge in [0.2, 0.25) is 11.8 Å². The molecule has 0 bridgehead atoms. The molecular formula is C24H26FN3O4. The number of carbonyl (C=O) groups excluding carboxylic acids is 2. The van der Waals surface area contributed by atoms with Crippen LogP contribution in [0.25, 0.3) is 0 Å². The van der Waals surface area contributed by atoms with Crippen molar-refractivity contribution in [3.8, 4) is 0 Å². The fourth-order valence-corrected chi connectivity index (χ4v) is 5.32. The second-order valence-electron chi connectivity index (χ2n) is 9.06. The third kappa shape index (κ3) is 3.52. The van der Waals surface area contributed by atoms with E-state index in [-0.39, 0.29) is 30.5 Å². The van der Waals surface area contributed by atoms with Gasteiger partial charge in [-0.25, -0.2) is 4.39 Å². The number of pyridine rings is 1. The molecule has 3 heterocycles. The molecule has 0 unspecified atom stereocenters. The maximum absolute atomic E-state index is 14.0. The molecule has 168 valence electrons. The molecule has 2 aliphatic heterocycles. The van der Waals surface area contributed by atoms with Crippen molar-refractivity contribution in [1.82, 2.24) is 14.8 Å². The van der Waals surface area contributed by atoms with Gasteiger partial charge in [-0.05, 0) is 30.9 Å². The standard InChI is InChI=1S/C24H26FN3O4/c25-18-5-2-1-4-15(18)11-26-24(32)23-17(13-29)16-12-27-19(6-3-7-20(27)30)22(16)28(23)21(31)10-14-8-9-14/h1-7,14,16-17,22-23,29H,8-13H2,(H,26,32)/t16-,17-,22+,23-/m0/s1. The van der Waals surface area contributed by atoms with Gasteiger partial charge in [0.1, 0.15) is 11.9 Å². The van der Waals surface area contributed by atoms with Gasteiger partial charge in [0.05, 0.1) is 6.04 Å². The molecule has 7 nitrogen and oxygen atoms in total. The summed E-state index contributed by atoms with van der Waals surface area (Å²) in [7, 11) is 0. The number of nitrogens with zero attached hydrogens (tertiary/aromatic N) is 2. The highest BCUT2D eigenvalue weighted by atomic mass is 19.1. The van der Waals surface area contributed by atoms with E-state index in [2.05, 4.69) is 5.32 Å². The van der Waals surface area contributed by atoms with Crippen molar-refractivity contribution in [1.29, 1.82) is 0 Å². The van der Waals surface area contributed by atoms with Crippen molar-refractivity contribution in [2.75, 3.05) is 6.61 Å². The molecule has 4 atom stereocenters. The first-order valence-corrected chi connectivity index (χ1v) is 11.1. The summed E-state index contributed by atoms with van der Waals surface area (Å²) in [6, 6.07) is 9.87. The monoisotopic (exact) mass is 439 g/mol. The van der Waals surface area contributed by atoms with Crippen LogP contribution in [0.5, 0.6) is 0 Å². The minimum atomic E-state index is -0.864. The SMILES string of the molecule is O=C(NCc1ccccc1F)[C@@H]1[C@@H](CO)[C@@H]2Cn3c(cccc3=O)[C@@H]2N1C(=O)CC1CC1. The maximum Gasteiger partial charge on any atom is 0.250 e. The number of hydrogen-bond acceptors (Lipinski definition) is 4. The minimum Gasteiger partial charge on any atom is -0.396 e. The first-order valence-electron chi connectivity index (χ1n) is 11.1. The highest BCUT2D eigenvalue weighted by Gasteiger charge is 2.57. The summed E-state index contributed by atoms with van der Waals surface area (Å²) in [4.78, 5) is 40.7. The third-order valence-corrected chi connectivity index (χ3v) is 7.08. The van der Waals surface area contributed by atoms with E-state index in [1.165, 1.54) is 12.1 Å². The van der Waals surface area contributed by atoms with Gasteiger partial charge in [0.25, 0.3) is 5.56 Å². The number of likely N-dealkylation sites (tertiary alicyclic amines) is 1. The van der Waals surface area contributed by atoms with E-state index in [0.717, 1.165) is 12.8 Å². The van der Waals surface area contributed by atoms with Crippen LogP contribution in [0.4, 0.5) is 4.39 Å². The number of benzene rings is 1. The molecule has 1 saturated carbocycles. The zero-order valence-electron chi connectivity index (χ0n) is 17.6. The molecule has 1 aromatic heterocycles. The third-order valence-electron chi connectivity index (χ3n) is 7.08. The molecule has 2 amide bonds.